The lowest BCUT2D eigenvalue weighted by Gasteiger charge is -2.27. The lowest BCUT2D eigenvalue weighted by molar-refractivity contribution is -0.137. The Morgan fingerprint density at radius 1 is 0.889 bits per heavy atom. The highest BCUT2D eigenvalue weighted by Gasteiger charge is 2.54. The summed E-state index contributed by atoms with van der Waals surface area (Å²) < 4.78 is 1.79. The second-order valence-corrected chi connectivity index (χ2v) is 9.05. The molecule has 36 heavy (non-hydrogen) atoms. The molecule has 4 aromatic rings. The number of rotatable bonds is 7. The molecule has 2 N–H and O–H groups in total. The van der Waals surface area contributed by atoms with Gasteiger partial charge in [0.2, 0.25) is 5.91 Å². The number of imide groups is 1. The molecule has 9 nitrogen and oxygen atoms in total. The van der Waals surface area contributed by atoms with Crippen LogP contribution < -0.4 is 10.7 Å². The van der Waals surface area contributed by atoms with Crippen molar-refractivity contribution < 1.29 is 14.4 Å². The summed E-state index contributed by atoms with van der Waals surface area (Å²) in [6, 6.07) is 26.8. The van der Waals surface area contributed by atoms with Crippen LogP contribution in [0.3, 0.4) is 0 Å². The van der Waals surface area contributed by atoms with Crippen LogP contribution in [-0.2, 0) is 22.2 Å². The maximum absolute atomic E-state index is 13.7. The number of aromatic nitrogens is 3. The van der Waals surface area contributed by atoms with Crippen LogP contribution >= 0.6 is 11.8 Å². The predicted molar refractivity (Wildman–Crippen MR) is 134 cm³/mol. The molecule has 180 valence electrons. The number of nitrogens with one attached hydrogen (secondary N) is 2. The molecule has 10 heteroatoms. The average Bonchev–Trinajstić information content (AvgIpc) is 3.41. The van der Waals surface area contributed by atoms with Gasteiger partial charge in [-0.1, -0.05) is 103 Å². The number of hydrazine groups is 1. The number of hydrogen-bond donors (Lipinski definition) is 2. The molecule has 5 rings (SSSR count). The molecular formula is C26H22N6O3S. The van der Waals surface area contributed by atoms with Gasteiger partial charge >= 0.3 is 6.03 Å². The predicted octanol–water partition coefficient (Wildman–Crippen LogP) is 3.10. The Balaban J connectivity index is 1.33. The molecule has 1 aromatic heterocycles. The first-order chi connectivity index (χ1) is 17.5. The van der Waals surface area contributed by atoms with E-state index in [2.05, 4.69) is 20.9 Å². The summed E-state index contributed by atoms with van der Waals surface area (Å²) in [4.78, 5) is 39.3. The third kappa shape index (κ3) is 4.11. The molecule has 1 aliphatic heterocycles. The van der Waals surface area contributed by atoms with Crippen LogP contribution in [0.15, 0.2) is 96.2 Å². The van der Waals surface area contributed by atoms with E-state index in [9.17, 15) is 14.4 Å². The van der Waals surface area contributed by atoms with Crippen LogP contribution in [-0.4, -0.2) is 43.4 Å². The topological polar surface area (TPSA) is 109 Å². The third-order valence-electron chi connectivity index (χ3n) is 5.87. The molecule has 0 bridgehead atoms. The standard InChI is InChI=1S/C26H22N6O3S/c1-31-22(18-11-5-2-6-12-18)28-29-25(31)36-17-21(33)30-32-23(34)26(27-24(32)35,19-13-7-3-8-14-19)20-15-9-4-10-16-20/h2-16H,17H2,1H3,(H,27,35)(H,30,33). The normalized spacial score (nSPS) is 14.5. The summed E-state index contributed by atoms with van der Waals surface area (Å²) in [5.74, 6) is -0.511. The van der Waals surface area contributed by atoms with Crippen LogP contribution in [0.5, 0.6) is 0 Å². The molecule has 0 aliphatic carbocycles. The van der Waals surface area contributed by atoms with Gasteiger partial charge < -0.3 is 9.88 Å². The van der Waals surface area contributed by atoms with Gasteiger partial charge in [-0.25, -0.2) is 4.79 Å². The molecule has 0 spiro atoms. The number of amides is 4. The van der Waals surface area contributed by atoms with Gasteiger partial charge in [-0.05, 0) is 11.1 Å². The van der Waals surface area contributed by atoms with Crippen molar-refractivity contribution in [3.05, 3.63) is 102 Å². The molecule has 4 amide bonds. The van der Waals surface area contributed by atoms with E-state index in [1.807, 2.05) is 49.5 Å². The molecule has 1 aliphatic rings. The fourth-order valence-electron chi connectivity index (χ4n) is 4.13. The zero-order valence-corrected chi connectivity index (χ0v) is 20.1. The van der Waals surface area contributed by atoms with Crippen LogP contribution in [0.1, 0.15) is 11.1 Å². The first-order valence-corrected chi connectivity index (χ1v) is 12.1. The number of benzene rings is 3. The van der Waals surface area contributed by atoms with E-state index in [1.165, 1.54) is 0 Å². The van der Waals surface area contributed by atoms with Crippen molar-refractivity contribution in [3.8, 4) is 11.4 Å². The van der Waals surface area contributed by atoms with Crippen molar-refractivity contribution in [1.82, 2.24) is 30.5 Å². The molecule has 1 fully saturated rings. The van der Waals surface area contributed by atoms with Crippen LogP contribution in [0.25, 0.3) is 11.4 Å². The van der Waals surface area contributed by atoms with Gasteiger partial charge in [0.05, 0.1) is 5.75 Å². The minimum Gasteiger partial charge on any atom is -0.314 e. The SMILES string of the molecule is Cn1c(SCC(=O)NN2C(=O)NC(c3ccccc3)(c3ccccc3)C2=O)nnc1-c1ccccc1. The first-order valence-electron chi connectivity index (χ1n) is 11.2. The number of hydrogen-bond acceptors (Lipinski definition) is 6. The maximum Gasteiger partial charge on any atom is 0.344 e. The van der Waals surface area contributed by atoms with Gasteiger partial charge in [0.15, 0.2) is 16.5 Å². The summed E-state index contributed by atoms with van der Waals surface area (Å²) in [6.45, 7) is 0. The fourth-order valence-corrected chi connectivity index (χ4v) is 4.84. The zero-order chi connectivity index (χ0) is 25.1. The molecule has 0 saturated carbocycles. The monoisotopic (exact) mass is 498 g/mol. The molecule has 3 aromatic carbocycles. The Labute approximate surface area is 211 Å². The second kappa shape index (κ2) is 9.67. The largest absolute Gasteiger partial charge is 0.344 e. The van der Waals surface area contributed by atoms with Crippen molar-refractivity contribution in [1.29, 1.82) is 0 Å². The van der Waals surface area contributed by atoms with Crippen molar-refractivity contribution in [2.45, 2.75) is 10.7 Å². The van der Waals surface area contributed by atoms with Gasteiger partial charge in [0.25, 0.3) is 5.91 Å². The minimum atomic E-state index is -1.45. The first kappa shape index (κ1) is 23.3. The van der Waals surface area contributed by atoms with Crippen LogP contribution in [0, 0.1) is 0 Å². The van der Waals surface area contributed by atoms with Crippen molar-refractivity contribution in [2.24, 2.45) is 7.05 Å². The number of carbonyl (C=O) groups is 3. The number of carbonyl (C=O) groups excluding carboxylic acids is 3. The van der Waals surface area contributed by atoms with Gasteiger partial charge in [-0.15, -0.1) is 10.2 Å². The lowest BCUT2D eigenvalue weighted by Crippen LogP contribution is -2.49. The summed E-state index contributed by atoms with van der Waals surface area (Å²) in [6.07, 6.45) is 0. The minimum absolute atomic E-state index is 0.0680. The fraction of sp³-hybridized carbons (Fsp3) is 0.115. The Bertz CT molecular complexity index is 1370. The summed E-state index contributed by atoms with van der Waals surface area (Å²) in [5.41, 5.74) is 3.09. The van der Waals surface area contributed by atoms with E-state index >= 15 is 0 Å². The van der Waals surface area contributed by atoms with E-state index < -0.39 is 23.4 Å². The summed E-state index contributed by atoms with van der Waals surface area (Å²) in [5, 5.41) is 12.4. The van der Waals surface area contributed by atoms with Gasteiger partial charge in [-0.2, -0.15) is 5.01 Å². The summed E-state index contributed by atoms with van der Waals surface area (Å²) in [7, 11) is 1.81. The number of urea groups is 1. The molecule has 0 radical (unpaired) electrons. The van der Waals surface area contributed by atoms with Gasteiger partial charge in [-0.3, -0.25) is 15.0 Å². The van der Waals surface area contributed by atoms with Crippen LogP contribution in [0.2, 0.25) is 0 Å². The van der Waals surface area contributed by atoms with Crippen molar-refractivity contribution >= 4 is 29.6 Å². The number of thioether (sulfide) groups is 1. The van der Waals surface area contributed by atoms with Crippen molar-refractivity contribution in [2.75, 3.05) is 5.75 Å². The van der Waals surface area contributed by atoms with E-state index in [4.69, 9.17) is 0 Å². The molecular weight excluding hydrogens is 476 g/mol. The maximum atomic E-state index is 13.7. The van der Waals surface area contributed by atoms with E-state index in [1.54, 1.807) is 53.1 Å². The molecule has 2 heterocycles. The molecule has 1 saturated heterocycles. The number of nitrogens with zero attached hydrogens (tertiary/aromatic N) is 4. The van der Waals surface area contributed by atoms with Crippen LogP contribution in [0.4, 0.5) is 4.79 Å². The quantitative estimate of drug-likeness (QED) is 0.299. The van der Waals surface area contributed by atoms with Crippen molar-refractivity contribution in [3.63, 3.8) is 0 Å². The van der Waals surface area contributed by atoms with Gasteiger partial charge in [0, 0.05) is 12.6 Å². The highest BCUT2D eigenvalue weighted by atomic mass is 32.2. The Morgan fingerprint density at radius 2 is 1.44 bits per heavy atom. The third-order valence-corrected chi connectivity index (χ3v) is 6.89. The Kier molecular flexibility index (Phi) is 6.26. The smallest absolute Gasteiger partial charge is 0.314 e. The van der Waals surface area contributed by atoms with E-state index in [0.29, 0.717) is 22.1 Å². The van der Waals surface area contributed by atoms with E-state index in [-0.39, 0.29) is 5.75 Å². The lowest BCUT2D eigenvalue weighted by atomic mass is 9.83. The second-order valence-electron chi connectivity index (χ2n) is 8.11. The zero-order valence-electron chi connectivity index (χ0n) is 19.3. The van der Waals surface area contributed by atoms with E-state index in [0.717, 1.165) is 22.3 Å². The Morgan fingerprint density at radius 3 is 2.03 bits per heavy atom. The average molecular weight is 499 g/mol. The summed E-state index contributed by atoms with van der Waals surface area (Å²) >= 11 is 1.16. The highest BCUT2D eigenvalue weighted by molar-refractivity contribution is 7.99. The van der Waals surface area contributed by atoms with Gasteiger partial charge in [0.1, 0.15) is 0 Å². The highest BCUT2D eigenvalue weighted by Crippen LogP contribution is 2.35. The molecule has 0 atom stereocenters. The Hall–Kier alpha value is -4.44. The molecule has 0 unspecified atom stereocenters.